The number of hydrogen-bond donors (Lipinski definition) is 1. The molecule has 0 spiro atoms. The summed E-state index contributed by atoms with van der Waals surface area (Å²) < 4.78 is 47.3. The topological polar surface area (TPSA) is 75.2 Å². The van der Waals surface area contributed by atoms with Gasteiger partial charge in [0.15, 0.2) is 5.78 Å². The highest BCUT2D eigenvalue weighted by Gasteiger charge is 2.73. The molecule has 0 fully saturated rings. The summed E-state index contributed by atoms with van der Waals surface area (Å²) in [6.45, 7) is 4.58. The minimum Gasteiger partial charge on any atom is -0.310 e. The third-order valence-electron chi connectivity index (χ3n) is 7.29. The van der Waals surface area contributed by atoms with E-state index in [9.17, 15) is 14.4 Å². The number of aryl methyl sites for hydroxylation is 1. The number of amides is 1. The van der Waals surface area contributed by atoms with Crippen LogP contribution in [0.15, 0.2) is 70.7 Å². The van der Waals surface area contributed by atoms with Gasteiger partial charge in [0.1, 0.15) is 0 Å². The fourth-order valence-electron chi connectivity index (χ4n) is 5.72. The molecule has 1 aliphatic carbocycles. The minimum absolute atomic E-state index is 0.0141. The first-order valence-corrected chi connectivity index (χ1v) is 12.4. The Morgan fingerprint density at radius 1 is 0.974 bits per heavy atom. The molecule has 198 valence electrons. The normalized spacial score (nSPS) is 21.3. The highest BCUT2D eigenvalue weighted by atomic mass is 35.5. The van der Waals surface area contributed by atoms with E-state index in [1.807, 2.05) is 0 Å². The van der Waals surface area contributed by atoms with Crippen molar-refractivity contribution in [1.29, 1.82) is 0 Å². The lowest BCUT2D eigenvalue weighted by molar-refractivity contribution is -0.189. The average molecular weight is 544 g/mol. The number of aromatic nitrogens is 2. The molecule has 0 bridgehead atoms. The number of alkyl halides is 3. The van der Waals surface area contributed by atoms with Gasteiger partial charge in [-0.25, -0.2) is 4.68 Å². The molecule has 2 aromatic carbocycles. The van der Waals surface area contributed by atoms with Gasteiger partial charge >= 0.3 is 6.18 Å². The lowest BCUT2D eigenvalue weighted by Gasteiger charge is -2.35. The van der Waals surface area contributed by atoms with Gasteiger partial charge in [0.25, 0.3) is 11.5 Å². The summed E-state index contributed by atoms with van der Waals surface area (Å²) in [4.78, 5) is 42.4. The zero-order chi connectivity index (χ0) is 27.6. The number of Topliss-reactive ketones (excluding diaryl/α,β-unsaturated/α-hetero) is 1. The van der Waals surface area contributed by atoms with Crippen LogP contribution in [-0.4, -0.2) is 32.5 Å². The molecule has 0 unspecified atom stereocenters. The van der Waals surface area contributed by atoms with Gasteiger partial charge < -0.3 is 4.90 Å². The first-order chi connectivity index (χ1) is 17.8. The van der Waals surface area contributed by atoms with Crippen molar-refractivity contribution < 1.29 is 22.8 Å². The molecule has 2 aliphatic rings. The largest absolute Gasteiger partial charge is 0.411 e. The lowest BCUT2D eigenvalue weighted by Crippen LogP contribution is -2.55. The van der Waals surface area contributed by atoms with Crippen LogP contribution in [0.25, 0.3) is 5.69 Å². The molecule has 5 rings (SSSR count). The number of H-pyrrole nitrogens is 1. The van der Waals surface area contributed by atoms with Crippen molar-refractivity contribution in [3.63, 3.8) is 0 Å². The summed E-state index contributed by atoms with van der Waals surface area (Å²) in [7, 11) is 0. The van der Waals surface area contributed by atoms with Crippen molar-refractivity contribution >= 4 is 23.3 Å². The van der Waals surface area contributed by atoms with Crippen molar-refractivity contribution in [2.45, 2.75) is 51.7 Å². The zero-order valence-electron chi connectivity index (χ0n) is 20.9. The van der Waals surface area contributed by atoms with Crippen molar-refractivity contribution in [3.05, 3.63) is 98.1 Å². The van der Waals surface area contributed by atoms with E-state index in [2.05, 4.69) is 5.10 Å². The molecule has 6 nitrogen and oxygen atoms in total. The van der Waals surface area contributed by atoms with E-state index < -0.39 is 45.4 Å². The highest BCUT2D eigenvalue weighted by Crippen LogP contribution is 2.57. The van der Waals surface area contributed by atoms with Crippen LogP contribution in [0.3, 0.4) is 0 Å². The van der Waals surface area contributed by atoms with Crippen LogP contribution in [0.4, 0.5) is 13.2 Å². The van der Waals surface area contributed by atoms with Crippen molar-refractivity contribution in [3.8, 4) is 5.69 Å². The Labute approximate surface area is 221 Å². The van der Waals surface area contributed by atoms with Gasteiger partial charge in [0.2, 0.25) is 5.41 Å². The van der Waals surface area contributed by atoms with E-state index in [1.54, 1.807) is 68.4 Å². The van der Waals surface area contributed by atoms with Crippen LogP contribution in [0, 0.1) is 12.3 Å². The minimum atomic E-state index is -5.28. The number of ketones is 1. The second kappa shape index (κ2) is 8.73. The smallest absolute Gasteiger partial charge is 0.310 e. The second-order valence-corrected chi connectivity index (χ2v) is 11.0. The van der Waals surface area contributed by atoms with E-state index in [0.717, 1.165) is 9.58 Å². The third kappa shape index (κ3) is 3.74. The maximum Gasteiger partial charge on any atom is 0.411 e. The number of benzene rings is 2. The SMILES string of the molecule is Cc1[nH]n(-c2ccccc2)c(=O)c1[C@@]1(C(F)(F)F)C(=O)N(Cc2ccccc2Cl)C2=C1C(=O)CC(C)(C)C2. The molecule has 10 heteroatoms. The second-order valence-electron chi connectivity index (χ2n) is 10.6. The van der Waals surface area contributed by atoms with E-state index in [1.165, 1.54) is 6.92 Å². The molecule has 3 aromatic rings. The number of nitrogens with zero attached hydrogens (tertiary/aromatic N) is 2. The number of hydrogen-bond acceptors (Lipinski definition) is 3. The molecule has 0 radical (unpaired) electrons. The van der Waals surface area contributed by atoms with E-state index in [-0.39, 0.29) is 35.8 Å². The Balaban J connectivity index is 1.82. The summed E-state index contributed by atoms with van der Waals surface area (Å²) >= 11 is 6.31. The summed E-state index contributed by atoms with van der Waals surface area (Å²) in [5.74, 6) is -2.17. The van der Waals surface area contributed by atoms with Crippen LogP contribution in [0.5, 0.6) is 0 Å². The molecule has 38 heavy (non-hydrogen) atoms. The van der Waals surface area contributed by atoms with Gasteiger partial charge in [-0.1, -0.05) is 61.8 Å². The fourth-order valence-corrected chi connectivity index (χ4v) is 5.92. The number of aromatic amines is 1. The quantitative estimate of drug-likeness (QED) is 0.464. The molecular formula is C28H25ClF3N3O3. The summed E-state index contributed by atoms with van der Waals surface area (Å²) in [5.41, 5.74) is -6.06. The van der Waals surface area contributed by atoms with E-state index in [0.29, 0.717) is 11.3 Å². The molecule has 1 amide bonds. The molecule has 1 atom stereocenters. The number of para-hydroxylation sites is 1. The van der Waals surface area contributed by atoms with Gasteiger partial charge in [-0.05, 0) is 42.5 Å². The monoisotopic (exact) mass is 543 g/mol. The molecular weight excluding hydrogens is 519 g/mol. The van der Waals surface area contributed by atoms with Crippen molar-refractivity contribution in [2.24, 2.45) is 5.41 Å². The van der Waals surface area contributed by atoms with Crippen LogP contribution >= 0.6 is 11.6 Å². The number of rotatable bonds is 4. The molecule has 0 saturated heterocycles. The molecule has 0 saturated carbocycles. The number of nitrogens with one attached hydrogen (secondary N) is 1. The van der Waals surface area contributed by atoms with Gasteiger partial charge in [0.05, 0.1) is 17.8 Å². The van der Waals surface area contributed by atoms with Gasteiger partial charge in [-0.15, -0.1) is 0 Å². The number of carbonyl (C=O) groups is 2. The summed E-state index contributed by atoms with van der Waals surface area (Å²) in [5, 5.41) is 2.98. The van der Waals surface area contributed by atoms with Gasteiger partial charge in [-0.3, -0.25) is 19.5 Å². The average Bonchev–Trinajstić information content (AvgIpc) is 3.25. The summed E-state index contributed by atoms with van der Waals surface area (Å²) in [6, 6.07) is 14.6. The highest BCUT2D eigenvalue weighted by molar-refractivity contribution is 6.31. The Bertz CT molecular complexity index is 1550. The Morgan fingerprint density at radius 2 is 1.61 bits per heavy atom. The Kier molecular flexibility index (Phi) is 5.98. The maximum absolute atomic E-state index is 15.4. The first kappa shape index (κ1) is 26.0. The predicted molar refractivity (Wildman–Crippen MR) is 136 cm³/mol. The first-order valence-electron chi connectivity index (χ1n) is 12.1. The zero-order valence-corrected chi connectivity index (χ0v) is 21.7. The van der Waals surface area contributed by atoms with Gasteiger partial charge in [-0.2, -0.15) is 13.2 Å². The molecule has 1 N–H and O–H groups in total. The summed E-state index contributed by atoms with van der Waals surface area (Å²) in [6.07, 6.45) is -5.41. The number of halogens is 4. The molecule has 1 aliphatic heterocycles. The Hall–Kier alpha value is -3.59. The van der Waals surface area contributed by atoms with Crippen LogP contribution in [0.2, 0.25) is 5.02 Å². The van der Waals surface area contributed by atoms with Crippen LogP contribution in [0.1, 0.15) is 43.5 Å². The van der Waals surface area contributed by atoms with Crippen LogP contribution in [-0.2, 0) is 21.5 Å². The van der Waals surface area contributed by atoms with E-state index in [4.69, 9.17) is 11.6 Å². The molecule has 2 heterocycles. The standard InChI is InChI=1S/C28H25ClF3N3O3/c1-16-22(24(37)35(33-16)18-10-5-4-6-11-18)27(28(30,31)32)23-20(13-26(2,3)14-21(23)36)34(25(27)38)15-17-9-7-8-12-19(17)29/h4-12,33H,13-15H2,1-3H3/t27-/m0/s1. The van der Waals surface area contributed by atoms with Crippen molar-refractivity contribution in [1.82, 2.24) is 14.7 Å². The number of carbonyl (C=O) groups excluding carboxylic acids is 2. The molecule has 1 aromatic heterocycles. The van der Waals surface area contributed by atoms with E-state index >= 15 is 13.2 Å². The number of allylic oxidation sites excluding steroid dienone is 1. The fraction of sp³-hybridized carbons (Fsp3) is 0.321. The Morgan fingerprint density at radius 3 is 2.24 bits per heavy atom. The predicted octanol–water partition coefficient (Wildman–Crippen LogP) is 5.61. The third-order valence-corrected chi connectivity index (χ3v) is 7.66. The lowest BCUT2D eigenvalue weighted by atomic mass is 9.66. The van der Waals surface area contributed by atoms with Crippen molar-refractivity contribution in [2.75, 3.05) is 0 Å². The van der Waals surface area contributed by atoms with Crippen LogP contribution < -0.4 is 5.56 Å². The van der Waals surface area contributed by atoms with Gasteiger partial charge in [0, 0.05) is 28.4 Å². The maximum atomic E-state index is 15.4.